The summed E-state index contributed by atoms with van der Waals surface area (Å²) >= 11 is 0. The molecule has 0 aromatic heterocycles. The van der Waals surface area contributed by atoms with Crippen LogP contribution in [0.2, 0.25) is 0 Å². The Hall–Kier alpha value is -0.910. The minimum Gasteiger partial charge on any atom is -0.313 e. The highest BCUT2D eigenvalue weighted by atomic mass is 32.2. The molecule has 0 amide bonds. The zero-order valence-electron chi connectivity index (χ0n) is 10.6. The molecular weight excluding hydrogens is 248 g/mol. The molecule has 1 aromatic rings. The van der Waals surface area contributed by atoms with Gasteiger partial charge in [-0.3, -0.25) is 0 Å². The molecular formula is C13H20N2O2S. The Morgan fingerprint density at radius 3 is 2.94 bits per heavy atom. The maximum Gasteiger partial charge on any atom is 0.148 e. The van der Waals surface area contributed by atoms with E-state index in [1.807, 2.05) is 12.1 Å². The molecule has 0 fully saturated rings. The van der Waals surface area contributed by atoms with Gasteiger partial charge in [0.1, 0.15) is 9.84 Å². The molecule has 100 valence electrons. The molecule has 0 radical (unpaired) electrons. The maximum absolute atomic E-state index is 11.1. The van der Waals surface area contributed by atoms with Crippen LogP contribution in [0.1, 0.15) is 23.6 Å². The maximum atomic E-state index is 11.1. The molecule has 2 N–H and O–H groups in total. The highest BCUT2D eigenvalue weighted by Gasteiger charge is 2.17. The Balaban J connectivity index is 2.04. The van der Waals surface area contributed by atoms with E-state index in [9.17, 15) is 8.42 Å². The van der Waals surface area contributed by atoms with Crippen LogP contribution in [0.4, 0.5) is 0 Å². The van der Waals surface area contributed by atoms with Gasteiger partial charge >= 0.3 is 0 Å². The first-order valence-electron chi connectivity index (χ1n) is 6.26. The van der Waals surface area contributed by atoms with Gasteiger partial charge in [-0.1, -0.05) is 24.3 Å². The van der Waals surface area contributed by atoms with Crippen LogP contribution in [0, 0.1) is 0 Å². The molecule has 0 saturated heterocycles. The van der Waals surface area contributed by atoms with E-state index in [4.69, 9.17) is 0 Å². The number of fused-ring (bicyclic) bond motifs is 1. The topological polar surface area (TPSA) is 58.2 Å². The van der Waals surface area contributed by atoms with Gasteiger partial charge < -0.3 is 10.6 Å². The zero-order chi connectivity index (χ0) is 13.0. The monoisotopic (exact) mass is 268 g/mol. The van der Waals surface area contributed by atoms with E-state index in [1.54, 1.807) is 0 Å². The van der Waals surface area contributed by atoms with Crippen molar-refractivity contribution in [1.82, 2.24) is 10.6 Å². The first-order chi connectivity index (χ1) is 8.56. The Labute approximate surface area is 109 Å². The van der Waals surface area contributed by atoms with Crippen LogP contribution in [0.25, 0.3) is 0 Å². The van der Waals surface area contributed by atoms with Crippen molar-refractivity contribution in [2.45, 2.75) is 19.0 Å². The molecule has 1 aliphatic heterocycles. The minimum absolute atomic E-state index is 0.194. The lowest BCUT2D eigenvalue weighted by atomic mass is 9.99. The van der Waals surface area contributed by atoms with Gasteiger partial charge in [0.2, 0.25) is 0 Å². The fraction of sp³-hybridized carbons (Fsp3) is 0.538. The lowest BCUT2D eigenvalue weighted by Gasteiger charge is -2.18. The van der Waals surface area contributed by atoms with Crippen molar-refractivity contribution in [1.29, 1.82) is 0 Å². The van der Waals surface area contributed by atoms with Crippen LogP contribution in [-0.4, -0.2) is 33.5 Å². The van der Waals surface area contributed by atoms with Crippen molar-refractivity contribution in [2.24, 2.45) is 0 Å². The van der Waals surface area contributed by atoms with Crippen LogP contribution < -0.4 is 10.6 Å². The number of hydrogen-bond acceptors (Lipinski definition) is 4. The van der Waals surface area contributed by atoms with E-state index < -0.39 is 9.84 Å². The van der Waals surface area contributed by atoms with Crippen molar-refractivity contribution in [3.8, 4) is 0 Å². The Morgan fingerprint density at radius 1 is 1.39 bits per heavy atom. The predicted molar refractivity (Wildman–Crippen MR) is 73.2 cm³/mol. The summed E-state index contributed by atoms with van der Waals surface area (Å²) in [5.74, 6) is 0.194. The average molecular weight is 268 g/mol. The average Bonchev–Trinajstić information content (AvgIpc) is 2.51. The molecule has 1 aromatic carbocycles. The van der Waals surface area contributed by atoms with Crippen molar-refractivity contribution in [3.05, 3.63) is 35.4 Å². The SMILES string of the molecule is CS(=O)(=O)CCNC1CCNCc2ccccc21. The quantitative estimate of drug-likeness (QED) is 0.850. The molecule has 0 spiro atoms. The Kier molecular flexibility index (Phi) is 4.37. The van der Waals surface area contributed by atoms with Gasteiger partial charge in [0, 0.05) is 25.4 Å². The molecule has 4 nitrogen and oxygen atoms in total. The number of sulfone groups is 1. The third kappa shape index (κ3) is 3.80. The Morgan fingerprint density at radius 2 is 2.17 bits per heavy atom. The first kappa shape index (κ1) is 13.5. The fourth-order valence-electron chi connectivity index (χ4n) is 2.29. The Bertz CT molecular complexity index is 499. The molecule has 1 heterocycles. The van der Waals surface area contributed by atoms with Gasteiger partial charge in [0.25, 0.3) is 0 Å². The first-order valence-corrected chi connectivity index (χ1v) is 8.32. The van der Waals surface area contributed by atoms with E-state index in [0.29, 0.717) is 6.54 Å². The molecule has 18 heavy (non-hydrogen) atoms. The van der Waals surface area contributed by atoms with Crippen LogP contribution in [0.5, 0.6) is 0 Å². The highest BCUT2D eigenvalue weighted by Crippen LogP contribution is 2.23. The lowest BCUT2D eigenvalue weighted by Crippen LogP contribution is -2.28. The van der Waals surface area contributed by atoms with E-state index in [0.717, 1.165) is 19.5 Å². The van der Waals surface area contributed by atoms with E-state index >= 15 is 0 Å². The fourth-order valence-corrected chi connectivity index (χ4v) is 2.78. The van der Waals surface area contributed by atoms with Crippen LogP contribution in [-0.2, 0) is 16.4 Å². The number of hydrogen-bond donors (Lipinski definition) is 2. The molecule has 0 bridgehead atoms. The normalized spacial score (nSPS) is 20.2. The van der Waals surface area contributed by atoms with E-state index in [-0.39, 0.29) is 11.8 Å². The molecule has 0 saturated carbocycles. The van der Waals surface area contributed by atoms with Crippen LogP contribution in [0.15, 0.2) is 24.3 Å². The number of benzene rings is 1. The molecule has 1 unspecified atom stereocenters. The summed E-state index contributed by atoms with van der Waals surface area (Å²) in [6.07, 6.45) is 2.26. The van der Waals surface area contributed by atoms with E-state index in [2.05, 4.69) is 22.8 Å². The summed E-state index contributed by atoms with van der Waals surface area (Å²) in [6, 6.07) is 8.58. The van der Waals surface area contributed by atoms with Crippen LogP contribution >= 0.6 is 0 Å². The molecule has 1 atom stereocenters. The zero-order valence-corrected chi connectivity index (χ0v) is 11.5. The van der Waals surface area contributed by atoms with Crippen molar-refractivity contribution in [3.63, 3.8) is 0 Å². The molecule has 1 aliphatic rings. The van der Waals surface area contributed by atoms with Crippen molar-refractivity contribution in [2.75, 3.05) is 25.1 Å². The summed E-state index contributed by atoms with van der Waals surface area (Å²) in [7, 11) is -2.89. The van der Waals surface area contributed by atoms with Gasteiger partial charge in [0.05, 0.1) is 5.75 Å². The smallest absolute Gasteiger partial charge is 0.148 e. The summed E-state index contributed by atoms with van der Waals surface area (Å²) in [5, 5.41) is 6.74. The lowest BCUT2D eigenvalue weighted by molar-refractivity contribution is 0.508. The minimum atomic E-state index is -2.89. The summed E-state index contributed by atoms with van der Waals surface area (Å²) in [5.41, 5.74) is 2.59. The van der Waals surface area contributed by atoms with Gasteiger partial charge in [-0.2, -0.15) is 0 Å². The largest absolute Gasteiger partial charge is 0.313 e. The predicted octanol–water partition coefficient (Wildman–Crippen LogP) is 0.855. The van der Waals surface area contributed by atoms with Gasteiger partial charge in [-0.15, -0.1) is 0 Å². The van der Waals surface area contributed by atoms with Gasteiger partial charge in [-0.05, 0) is 24.1 Å². The standard InChI is InChI=1S/C13H20N2O2S/c1-18(16,17)9-8-15-13-6-7-14-10-11-4-2-3-5-12(11)13/h2-5,13-15H,6-10H2,1H3. The highest BCUT2D eigenvalue weighted by molar-refractivity contribution is 7.90. The summed E-state index contributed by atoms with van der Waals surface area (Å²) in [4.78, 5) is 0. The van der Waals surface area contributed by atoms with Crippen molar-refractivity contribution >= 4 is 9.84 Å². The van der Waals surface area contributed by atoms with Gasteiger partial charge in [0.15, 0.2) is 0 Å². The second-order valence-electron chi connectivity index (χ2n) is 4.80. The second kappa shape index (κ2) is 5.82. The van der Waals surface area contributed by atoms with Gasteiger partial charge in [-0.25, -0.2) is 8.42 Å². The van der Waals surface area contributed by atoms with Crippen LogP contribution in [0.3, 0.4) is 0 Å². The number of nitrogens with one attached hydrogen (secondary N) is 2. The summed E-state index contributed by atoms with van der Waals surface area (Å²) < 4.78 is 22.3. The summed E-state index contributed by atoms with van der Waals surface area (Å²) in [6.45, 7) is 2.35. The van der Waals surface area contributed by atoms with Crippen molar-refractivity contribution < 1.29 is 8.42 Å². The third-order valence-corrected chi connectivity index (χ3v) is 4.17. The van der Waals surface area contributed by atoms with E-state index in [1.165, 1.54) is 17.4 Å². The third-order valence-electron chi connectivity index (χ3n) is 3.22. The second-order valence-corrected chi connectivity index (χ2v) is 7.06. The molecule has 2 rings (SSSR count). The molecule has 0 aliphatic carbocycles. The molecule has 5 heteroatoms. The number of rotatable bonds is 4.